The van der Waals surface area contributed by atoms with E-state index in [0.717, 1.165) is 17.1 Å². The lowest BCUT2D eigenvalue weighted by Crippen LogP contribution is -2.27. The van der Waals surface area contributed by atoms with E-state index in [1.54, 1.807) is 19.4 Å². The number of amides is 1. The van der Waals surface area contributed by atoms with E-state index >= 15 is 0 Å². The monoisotopic (exact) mass is 299 g/mol. The van der Waals surface area contributed by atoms with Crippen molar-refractivity contribution in [2.45, 2.75) is 20.8 Å². The summed E-state index contributed by atoms with van der Waals surface area (Å²) >= 11 is 0. The Morgan fingerprint density at radius 3 is 2.50 bits per heavy atom. The lowest BCUT2D eigenvalue weighted by atomic mass is 9.96. The molecule has 0 unspecified atom stereocenters. The quantitative estimate of drug-likeness (QED) is 0.901. The molecule has 2 aromatic rings. The highest BCUT2D eigenvalue weighted by atomic mass is 16.5. The lowest BCUT2D eigenvalue weighted by Gasteiger charge is -2.17. The van der Waals surface area contributed by atoms with Crippen LogP contribution in [0.3, 0.4) is 0 Å². The molecule has 5 heteroatoms. The number of hydrogen-bond acceptors (Lipinski definition) is 4. The maximum absolute atomic E-state index is 11.9. The summed E-state index contributed by atoms with van der Waals surface area (Å²) in [5, 5.41) is 6.03. The molecule has 1 aromatic carbocycles. The largest absolute Gasteiger partial charge is 0.497 e. The van der Waals surface area contributed by atoms with Gasteiger partial charge in [-0.05, 0) is 24.3 Å². The summed E-state index contributed by atoms with van der Waals surface area (Å²) < 4.78 is 5.18. The minimum atomic E-state index is -0.445. The molecule has 0 saturated heterocycles. The second kappa shape index (κ2) is 6.47. The van der Waals surface area contributed by atoms with Gasteiger partial charge in [-0.25, -0.2) is 4.98 Å². The smallest absolute Gasteiger partial charge is 0.230 e. The van der Waals surface area contributed by atoms with Gasteiger partial charge < -0.3 is 15.4 Å². The van der Waals surface area contributed by atoms with Gasteiger partial charge in [0, 0.05) is 17.2 Å². The molecule has 0 saturated carbocycles. The molecule has 116 valence electrons. The molecule has 0 aliphatic heterocycles. The fraction of sp³-hybridized carbons (Fsp3) is 0.294. The number of nitrogens with zero attached hydrogens (tertiary/aromatic N) is 1. The Balaban J connectivity index is 2.04. The molecule has 0 aliphatic carbocycles. The molecule has 0 aliphatic rings. The van der Waals surface area contributed by atoms with E-state index in [1.165, 1.54) is 0 Å². The van der Waals surface area contributed by atoms with E-state index in [9.17, 15) is 4.79 Å². The summed E-state index contributed by atoms with van der Waals surface area (Å²) in [6.45, 7) is 5.59. The fourth-order valence-corrected chi connectivity index (χ4v) is 1.71. The number of rotatable bonds is 4. The predicted molar refractivity (Wildman–Crippen MR) is 88.6 cm³/mol. The molecule has 0 radical (unpaired) electrons. The lowest BCUT2D eigenvalue weighted by molar-refractivity contribution is -0.123. The first-order chi connectivity index (χ1) is 10.4. The third-order valence-electron chi connectivity index (χ3n) is 3.04. The first kappa shape index (κ1) is 15.8. The third-order valence-corrected chi connectivity index (χ3v) is 3.04. The summed E-state index contributed by atoms with van der Waals surface area (Å²) in [6.07, 6.45) is 1.68. The molecule has 0 atom stereocenters. The number of pyridine rings is 1. The van der Waals surface area contributed by atoms with Gasteiger partial charge in [0.1, 0.15) is 11.6 Å². The first-order valence-electron chi connectivity index (χ1n) is 7.07. The maximum atomic E-state index is 11.9. The Kier molecular flexibility index (Phi) is 4.65. The van der Waals surface area contributed by atoms with E-state index < -0.39 is 5.41 Å². The summed E-state index contributed by atoms with van der Waals surface area (Å²) in [5.41, 5.74) is 1.30. The Morgan fingerprint density at radius 1 is 1.14 bits per heavy atom. The Hall–Kier alpha value is -2.56. The number of methoxy groups -OCH3 is 1. The molecule has 22 heavy (non-hydrogen) atoms. The van der Waals surface area contributed by atoms with Gasteiger partial charge >= 0.3 is 0 Å². The van der Waals surface area contributed by atoms with E-state index in [4.69, 9.17) is 4.74 Å². The van der Waals surface area contributed by atoms with Gasteiger partial charge in [0.25, 0.3) is 0 Å². The summed E-state index contributed by atoms with van der Waals surface area (Å²) in [5.74, 6) is 1.26. The minimum absolute atomic E-state index is 0.0616. The van der Waals surface area contributed by atoms with Gasteiger partial charge in [0.2, 0.25) is 5.91 Å². The third kappa shape index (κ3) is 4.22. The number of benzene rings is 1. The highest BCUT2D eigenvalue weighted by Gasteiger charge is 2.21. The van der Waals surface area contributed by atoms with Crippen molar-refractivity contribution in [3.8, 4) is 5.75 Å². The molecule has 1 aromatic heterocycles. The van der Waals surface area contributed by atoms with Crippen LogP contribution < -0.4 is 15.4 Å². The number of carbonyl (C=O) groups is 1. The number of hydrogen-bond donors (Lipinski definition) is 2. The van der Waals surface area contributed by atoms with Gasteiger partial charge in [-0.15, -0.1) is 0 Å². The summed E-state index contributed by atoms with van der Waals surface area (Å²) in [6, 6.07) is 11.3. The normalized spacial score (nSPS) is 10.9. The molecule has 1 heterocycles. The van der Waals surface area contributed by atoms with Crippen LogP contribution in [0.4, 0.5) is 17.2 Å². The van der Waals surface area contributed by atoms with E-state index in [2.05, 4.69) is 15.6 Å². The zero-order valence-electron chi connectivity index (χ0n) is 13.3. The minimum Gasteiger partial charge on any atom is -0.497 e. The van der Waals surface area contributed by atoms with Crippen LogP contribution in [0.2, 0.25) is 0 Å². The average Bonchev–Trinajstić information content (AvgIpc) is 2.48. The Labute approximate surface area is 130 Å². The maximum Gasteiger partial charge on any atom is 0.230 e. The van der Waals surface area contributed by atoms with Crippen molar-refractivity contribution >= 4 is 23.1 Å². The van der Waals surface area contributed by atoms with E-state index in [1.807, 2.05) is 51.1 Å². The number of ether oxygens (including phenoxy) is 1. The van der Waals surface area contributed by atoms with Gasteiger partial charge in [-0.2, -0.15) is 0 Å². The Morgan fingerprint density at radius 2 is 1.91 bits per heavy atom. The molecule has 2 N–H and O–H groups in total. The van der Waals surface area contributed by atoms with Gasteiger partial charge in [0.05, 0.1) is 19.0 Å². The zero-order valence-corrected chi connectivity index (χ0v) is 13.3. The molecule has 0 fully saturated rings. The number of aromatic nitrogens is 1. The number of nitrogens with one attached hydrogen (secondary N) is 2. The molecule has 0 bridgehead atoms. The van der Waals surface area contributed by atoms with Crippen LogP contribution >= 0.6 is 0 Å². The van der Waals surface area contributed by atoms with Crippen LogP contribution in [0.15, 0.2) is 42.6 Å². The Bertz CT molecular complexity index is 646. The van der Waals surface area contributed by atoms with Crippen LogP contribution in [-0.4, -0.2) is 18.0 Å². The van der Waals surface area contributed by atoms with E-state index in [-0.39, 0.29) is 5.91 Å². The van der Waals surface area contributed by atoms with Gasteiger partial charge in [-0.1, -0.05) is 26.8 Å². The van der Waals surface area contributed by atoms with E-state index in [0.29, 0.717) is 5.82 Å². The van der Waals surface area contributed by atoms with Crippen molar-refractivity contribution in [1.29, 1.82) is 0 Å². The molecule has 1 amide bonds. The number of carbonyl (C=O) groups excluding carboxylic acids is 1. The van der Waals surface area contributed by atoms with Crippen molar-refractivity contribution in [1.82, 2.24) is 4.98 Å². The van der Waals surface area contributed by atoms with Crippen LogP contribution in [0.1, 0.15) is 20.8 Å². The fourth-order valence-electron chi connectivity index (χ4n) is 1.71. The van der Waals surface area contributed by atoms with Crippen LogP contribution in [0.5, 0.6) is 5.75 Å². The first-order valence-corrected chi connectivity index (χ1v) is 7.07. The average molecular weight is 299 g/mol. The van der Waals surface area contributed by atoms with Crippen molar-refractivity contribution in [2.75, 3.05) is 17.7 Å². The zero-order chi connectivity index (χ0) is 16.2. The van der Waals surface area contributed by atoms with Gasteiger partial charge in [-0.3, -0.25) is 4.79 Å². The van der Waals surface area contributed by atoms with Crippen molar-refractivity contribution in [3.63, 3.8) is 0 Å². The van der Waals surface area contributed by atoms with Crippen LogP contribution in [0.25, 0.3) is 0 Å². The predicted octanol–water partition coefficient (Wildman–Crippen LogP) is 3.82. The standard InChI is InChI=1S/C17H21N3O2/c1-17(2,3)16(21)20-15-9-8-13(11-18-15)19-12-6-5-7-14(10-12)22-4/h5-11,19H,1-4H3,(H,18,20,21). The topological polar surface area (TPSA) is 63.2 Å². The van der Waals surface area contributed by atoms with Gasteiger partial charge in [0.15, 0.2) is 0 Å². The van der Waals surface area contributed by atoms with Crippen molar-refractivity contribution in [3.05, 3.63) is 42.6 Å². The SMILES string of the molecule is COc1cccc(Nc2ccc(NC(=O)C(C)(C)C)nc2)c1. The second-order valence-corrected chi connectivity index (χ2v) is 5.99. The summed E-state index contributed by atoms with van der Waals surface area (Å²) in [7, 11) is 1.63. The van der Waals surface area contributed by atoms with Crippen molar-refractivity contribution < 1.29 is 9.53 Å². The van der Waals surface area contributed by atoms with Crippen LogP contribution in [-0.2, 0) is 4.79 Å². The molecule has 2 rings (SSSR count). The molecule has 0 spiro atoms. The number of anilines is 3. The van der Waals surface area contributed by atoms with Crippen LogP contribution in [0, 0.1) is 5.41 Å². The second-order valence-electron chi connectivity index (χ2n) is 5.99. The molecule has 5 nitrogen and oxygen atoms in total. The van der Waals surface area contributed by atoms with Crippen molar-refractivity contribution in [2.24, 2.45) is 5.41 Å². The highest BCUT2D eigenvalue weighted by molar-refractivity contribution is 5.93. The summed E-state index contributed by atoms with van der Waals surface area (Å²) in [4.78, 5) is 16.1. The molecular weight excluding hydrogens is 278 g/mol. The highest BCUT2D eigenvalue weighted by Crippen LogP contribution is 2.22. The molecular formula is C17H21N3O2.